The first kappa shape index (κ1) is 19.0. The summed E-state index contributed by atoms with van der Waals surface area (Å²) in [5.41, 5.74) is 5.38. The smallest absolute Gasteiger partial charge is 0.214 e. The number of rotatable bonds is 7. The molecule has 0 fully saturated rings. The Morgan fingerprint density at radius 3 is 2.12 bits per heavy atom. The van der Waals surface area contributed by atoms with Crippen molar-refractivity contribution in [1.82, 2.24) is 4.98 Å². The summed E-state index contributed by atoms with van der Waals surface area (Å²) in [6.45, 7) is 9.12. The number of carbonyl (C=O) groups is 1. The zero-order valence-electron chi connectivity index (χ0n) is 16.2. The Kier molecular flexibility index (Phi) is 6.18. The minimum atomic E-state index is 0.345. The van der Waals surface area contributed by atoms with Crippen molar-refractivity contribution in [2.45, 2.75) is 46.1 Å². The average molecular weight is 339 g/mol. The summed E-state index contributed by atoms with van der Waals surface area (Å²) < 4.78 is 0. The van der Waals surface area contributed by atoms with Crippen LogP contribution in [-0.4, -0.2) is 25.5 Å². The van der Waals surface area contributed by atoms with E-state index in [1.54, 1.807) is 11.1 Å². The van der Waals surface area contributed by atoms with Gasteiger partial charge in [0.1, 0.15) is 0 Å². The first-order valence-corrected chi connectivity index (χ1v) is 8.82. The molecule has 0 spiro atoms. The molecule has 0 atom stereocenters. The third-order valence-corrected chi connectivity index (χ3v) is 4.41. The molecule has 1 aromatic heterocycles. The lowest BCUT2D eigenvalue weighted by Gasteiger charge is -2.27. The van der Waals surface area contributed by atoms with Crippen LogP contribution in [0.2, 0.25) is 0 Å². The Bertz CT molecular complexity index is 697. The van der Waals surface area contributed by atoms with Gasteiger partial charge in [-0.3, -0.25) is 9.78 Å². The minimum absolute atomic E-state index is 0.345. The van der Waals surface area contributed by atoms with Crippen LogP contribution in [0.15, 0.2) is 36.5 Å². The third-order valence-electron chi connectivity index (χ3n) is 4.41. The van der Waals surface area contributed by atoms with Gasteiger partial charge >= 0.3 is 0 Å². The fourth-order valence-corrected chi connectivity index (χ4v) is 3.02. The molecule has 134 valence electrons. The number of pyridine rings is 1. The van der Waals surface area contributed by atoms with E-state index in [1.807, 2.05) is 31.1 Å². The molecule has 0 aliphatic carbocycles. The number of anilines is 2. The van der Waals surface area contributed by atoms with Crippen molar-refractivity contribution in [3.8, 4) is 0 Å². The Morgan fingerprint density at radius 2 is 1.64 bits per heavy atom. The van der Waals surface area contributed by atoms with Crippen molar-refractivity contribution >= 4 is 17.8 Å². The Hall–Kier alpha value is -2.36. The molecule has 4 heteroatoms. The van der Waals surface area contributed by atoms with Crippen LogP contribution in [0.5, 0.6) is 0 Å². The van der Waals surface area contributed by atoms with Gasteiger partial charge in [-0.1, -0.05) is 45.9 Å². The topological polar surface area (TPSA) is 36.4 Å². The highest BCUT2D eigenvalue weighted by Crippen LogP contribution is 2.35. The third kappa shape index (κ3) is 4.38. The van der Waals surface area contributed by atoms with Gasteiger partial charge in [-0.15, -0.1) is 0 Å². The molecule has 0 unspecified atom stereocenters. The second-order valence-corrected chi connectivity index (χ2v) is 7.23. The molecule has 0 radical (unpaired) electrons. The number of benzene rings is 1. The maximum absolute atomic E-state index is 12.0. The standard InChI is InChI=1S/C21H29N3O/c1-15(2)19-8-7-9-20(16(3)4)21(19)24(14-25)13-17-12-18(23(5)6)10-11-22-17/h7-12,14-16H,13H2,1-6H3. The van der Waals surface area contributed by atoms with E-state index in [-0.39, 0.29) is 0 Å². The first-order chi connectivity index (χ1) is 11.8. The van der Waals surface area contributed by atoms with Crippen LogP contribution in [0.4, 0.5) is 11.4 Å². The summed E-state index contributed by atoms with van der Waals surface area (Å²) >= 11 is 0. The number of nitrogens with zero attached hydrogens (tertiary/aromatic N) is 3. The number of aromatic nitrogens is 1. The van der Waals surface area contributed by atoms with E-state index in [2.05, 4.69) is 50.9 Å². The fourth-order valence-electron chi connectivity index (χ4n) is 3.02. The number of hydrogen-bond donors (Lipinski definition) is 0. The molecular weight excluding hydrogens is 310 g/mol. The molecule has 1 aromatic carbocycles. The monoisotopic (exact) mass is 339 g/mol. The van der Waals surface area contributed by atoms with Crippen molar-refractivity contribution in [1.29, 1.82) is 0 Å². The summed E-state index contributed by atoms with van der Waals surface area (Å²) in [4.78, 5) is 20.3. The quantitative estimate of drug-likeness (QED) is 0.694. The van der Waals surface area contributed by atoms with Crippen LogP contribution in [0.1, 0.15) is 56.4 Å². The second-order valence-electron chi connectivity index (χ2n) is 7.23. The van der Waals surface area contributed by atoms with Crippen LogP contribution >= 0.6 is 0 Å². The van der Waals surface area contributed by atoms with E-state index in [0.717, 1.165) is 23.5 Å². The van der Waals surface area contributed by atoms with Gasteiger partial charge in [0.2, 0.25) is 6.41 Å². The predicted octanol–water partition coefficient (Wildman–Crippen LogP) is 4.56. The fraction of sp³-hybridized carbons (Fsp3) is 0.429. The average Bonchev–Trinajstić information content (AvgIpc) is 2.59. The molecule has 0 aliphatic heterocycles. The van der Waals surface area contributed by atoms with Gasteiger partial charge in [0.05, 0.1) is 17.9 Å². The zero-order chi connectivity index (χ0) is 18.6. The largest absolute Gasteiger partial charge is 0.378 e. The van der Waals surface area contributed by atoms with Crippen molar-refractivity contribution in [2.24, 2.45) is 0 Å². The van der Waals surface area contributed by atoms with E-state index < -0.39 is 0 Å². The summed E-state index contributed by atoms with van der Waals surface area (Å²) in [5.74, 6) is 0.689. The van der Waals surface area contributed by atoms with Crippen molar-refractivity contribution in [3.63, 3.8) is 0 Å². The van der Waals surface area contributed by atoms with Crippen molar-refractivity contribution in [3.05, 3.63) is 53.3 Å². The van der Waals surface area contributed by atoms with Gasteiger partial charge in [0, 0.05) is 26.0 Å². The van der Waals surface area contributed by atoms with Crippen LogP contribution in [0.25, 0.3) is 0 Å². The highest BCUT2D eigenvalue weighted by molar-refractivity contribution is 5.80. The lowest BCUT2D eigenvalue weighted by atomic mass is 9.92. The van der Waals surface area contributed by atoms with Gasteiger partial charge in [0.25, 0.3) is 0 Å². The SMILES string of the molecule is CC(C)c1cccc(C(C)C)c1N(C=O)Cc1cc(N(C)C)ccn1. The molecule has 2 rings (SSSR count). The van der Waals surface area contributed by atoms with Crippen molar-refractivity contribution < 1.29 is 4.79 Å². The van der Waals surface area contributed by atoms with Crippen molar-refractivity contribution in [2.75, 3.05) is 23.9 Å². The van der Waals surface area contributed by atoms with Crippen LogP contribution in [0, 0.1) is 0 Å². The molecular formula is C21H29N3O. The molecule has 2 aromatic rings. The van der Waals surface area contributed by atoms with Crippen LogP contribution in [0.3, 0.4) is 0 Å². The normalized spacial score (nSPS) is 11.0. The molecule has 0 saturated carbocycles. The molecule has 1 heterocycles. The first-order valence-electron chi connectivity index (χ1n) is 8.82. The van der Waals surface area contributed by atoms with E-state index in [4.69, 9.17) is 0 Å². The number of para-hydroxylation sites is 1. The molecule has 25 heavy (non-hydrogen) atoms. The summed E-state index contributed by atoms with van der Waals surface area (Å²) in [6.07, 6.45) is 2.72. The van der Waals surface area contributed by atoms with Gasteiger partial charge in [-0.05, 0) is 35.1 Å². The molecule has 0 bridgehead atoms. The predicted molar refractivity (Wildman–Crippen MR) is 105 cm³/mol. The number of hydrogen-bond acceptors (Lipinski definition) is 3. The molecule has 0 saturated heterocycles. The lowest BCUT2D eigenvalue weighted by molar-refractivity contribution is -0.107. The van der Waals surface area contributed by atoms with Crippen LogP contribution < -0.4 is 9.80 Å². The van der Waals surface area contributed by atoms with E-state index in [1.165, 1.54) is 11.1 Å². The van der Waals surface area contributed by atoms with E-state index in [0.29, 0.717) is 18.4 Å². The number of carbonyl (C=O) groups excluding carboxylic acids is 1. The zero-order valence-corrected chi connectivity index (χ0v) is 16.2. The van der Waals surface area contributed by atoms with E-state index >= 15 is 0 Å². The molecule has 4 nitrogen and oxygen atoms in total. The lowest BCUT2D eigenvalue weighted by Crippen LogP contribution is -2.24. The molecule has 1 amide bonds. The van der Waals surface area contributed by atoms with Gasteiger partial charge < -0.3 is 9.80 Å². The highest BCUT2D eigenvalue weighted by Gasteiger charge is 2.19. The summed E-state index contributed by atoms with van der Waals surface area (Å²) in [5, 5.41) is 0. The molecule has 0 aliphatic rings. The highest BCUT2D eigenvalue weighted by atomic mass is 16.1. The summed E-state index contributed by atoms with van der Waals surface area (Å²) in [7, 11) is 4.00. The second kappa shape index (κ2) is 8.15. The number of amides is 1. The maximum atomic E-state index is 12.0. The Balaban J connectivity index is 2.47. The summed E-state index contributed by atoms with van der Waals surface area (Å²) in [6, 6.07) is 10.3. The molecule has 0 N–H and O–H groups in total. The maximum Gasteiger partial charge on any atom is 0.214 e. The van der Waals surface area contributed by atoms with Gasteiger partial charge in [-0.25, -0.2) is 0 Å². The van der Waals surface area contributed by atoms with Gasteiger partial charge in [-0.2, -0.15) is 0 Å². The van der Waals surface area contributed by atoms with Gasteiger partial charge in [0.15, 0.2) is 0 Å². The Labute approximate surface area is 151 Å². The van der Waals surface area contributed by atoms with Crippen LogP contribution in [-0.2, 0) is 11.3 Å². The minimum Gasteiger partial charge on any atom is -0.378 e. The Morgan fingerprint density at radius 1 is 1.04 bits per heavy atom. The van der Waals surface area contributed by atoms with E-state index in [9.17, 15) is 4.79 Å².